The Hall–Kier alpha value is -1.82. The van der Waals surface area contributed by atoms with Crippen molar-refractivity contribution in [3.05, 3.63) is 36.0 Å². The highest BCUT2D eigenvalue weighted by atomic mass is 32.2. The molecule has 0 bridgehead atoms. The highest BCUT2D eigenvalue weighted by molar-refractivity contribution is 7.88. The molecule has 1 aromatic heterocycles. The number of nitrogens with one attached hydrogen (secondary N) is 1. The number of H-pyrrole nitrogens is 1. The molecule has 0 spiro atoms. The van der Waals surface area contributed by atoms with Gasteiger partial charge < -0.3 is 4.98 Å². The first-order valence-corrected chi connectivity index (χ1v) is 7.96. The number of sulfonamides is 1. The molecule has 0 amide bonds. The van der Waals surface area contributed by atoms with Crippen LogP contribution < -0.4 is 0 Å². The maximum Gasteiger partial charge on any atom is 0.233 e. The normalized spacial score (nSPS) is 16.1. The summed E-state index contributed by atoms with van der Waals surface area (Å²) in [6, 6.07) is 8.09. The van der Waals surface area contributed by atoms with E-state index in [2.05, 4.69) is 9.98 Å². The predicted octanol–water partition coefficient (Wildman–Crippen LogP) is 1.38. The van der Waals surface area contributed by atoms with Crippen LogP contribution >= 0.6 is 0 Å². The fourth-order valence-corrected chi connectivity index (χ4v) is 3.29. The molecule has 5 nitrogen and oxygen atoms in total. The van der Waals surface area contributed by atoms with Gasteiger partial charge in [0, 0.05) is 18.1 Å². The van der Waals surface area contributed by atoms with E-state index >= 15 is 0 Å². The van der Waals surface area contributed by atoms with Crippen molar-refractivity contribution in [3.8, 4) is 0 Å². The summed E-state index contributed by atoms with van der Waals surface area (Å²) in [5.74, 6) is 0.633. The Morgan fingerprint density at radius 3 is 3.00 bits per heavy atom. The molecule has 3 rings (SSSR count). The summed E-state index contributed by atoms with van der Waals surface area (Å²) in [6.45, 7) is 1.01. The minimum atomic E-state index is -3.21. The number of nitrogens with zero attached hydrogens (tertiary/aromatic N) is 2. The molecule has 1 aliphatic heterocycles. The van der Waals surface area contributed by atoms with Crippen molar-refractivity contribution in [2.75, 3.05) is 19.3 Å². The van der Waals surface area contributed by atoms with Crippen molar-refractivity contribution >= 4 is 26.8 Å². The van der Waals surface area contributed by atoms with E-state index in [0.717, 1.165) is 16.5 Å². The Kier molecular flexibility index (Phi) is 2.82. The van der Waals surface area contributed by atoms with Gasteiger partial charge in [-0.1, -0.05) is 12.1 Å². The SMILES string of the molecule is CS(=O)(=O)N1CCN=C1Cc1ccc2cc[nH]c2c1. The quantitative estimate of drug-likeness (QED) is 0.921. The summed E-state index contributed by atoms with van der Waals surface area (Å²) in [5.41, 5.74) is 2.12. The Morgan fingerprint density at radius 1 is 1.37 bits per heavy atom. The Morgan fingerprint density at radius 2 is 2.21 bits per heavy atom. The number of aromatic amines is 1. The van der Waals surface area contributed by atoms with Crippen LogP contribution in [-0.2, 0) is 16.4 Å². The Balaban J connectivity index is 1.88. The third-order valence-electron chi connectivity index (χ3n) is 3.27. The van der Waals surface area contributed by atoms with E-state index < -0.39 is 10.0 Å². The molecule has 0 unspecified atom stereocenters. The second-order valence-corrected chi connectivity index (χ2v) is 6.62. The van der Waals surface area contributed by atoms with Crippen molar-refractivity contribution in [2.45, 2.75) is 6.42 Å². The zero-order valence-corrected chi connectivity index (χ0v) is 11.4. The van der Waals surface area contributed by atoms with Crippen LogP contribution in [-0.4, -0.2) is 42.9 Å². The van der Waals surface area contributed by atoms with Gasteiger partial charge in [-0.3, -0.25) is 9.30 Å². The highest BCUT2D eigenvalue weighted by Crippen LogP contribution is 2.17. The molecule has 1 N–H and O–H groups in total. The van der Waals surface area contributed by atoms with Gasteiger partial charge in [0.05, 0.1) is 19.3 Å². The lowest BCUT2D eigenvalue weighted by Crippen LogP contribution is -2.34. The van der Waals surface area contributed by atoms with E-state index in [4.69, 9.17) is 0 Å². The zero-order valence-electron chi connectivity index (χ0n) is 10.6. The molecule has 0 saturated heterocycles. The van der Waals surface area contributed by atoms with Gasteiger partial charge >= 0.3 is 0 Å². The van der Waals surface area contributed by atoms with E-state index in [1.807, 2.05) is 30.5 Å². The van der Waals surface area contributed by atoms with Crippen LogP contribution in [0.2, 0.25) is 0 Å². The first-order valence-electron chi connectivity index (χ1n) is 6.11. The van der Waals surface area contributed by atoms with Crippen LogP contribution in [0.4, 0.5) is 0 Å². The Labute approximate surface area is 112 Å². The van der Waals surface area contributed by atoms with Crippen LogP contribution in [0.1, 0.15) is 5.56 Å². The zero-order chi connectivity index (χ0) is 13.5. The van der Waals surface area contributed by atoms with Gasteiger partial charge in [-0.05, 0) is 23.1 Å². The third kappa shape index (κ3) is 2.35. The number of amidine groups is 1. The van der Waals surface area contributed by atoms with Crippen molar-refractivity contribution in [2.24, 2.45) is 4.99 Å². The number of hydrogen-bond donors (Lipinski definition) is 1. The van der Waals surface area contributed by atoms with Crippen LogP contribution in [0.15, 0.2) is 35.5 Å². The molecule has 6 heteroatoms. The largest absolute Gasteiger partial charge is 0.361 e. The molecule has 0 saturated carbocycles. The molecule has 1 aromatic carbocycles. The first-order chi connectivity index (χ1) is 9.04. The molecular weight excluding hydrogens is 262 g/mol. The number of rotatable bonds is 3. The molecule has 0 atom stereocenters. The van der Waals surface area contributed by atoms with Gasteiger partial charge in [0.1, 0.15) is 5.84 Å². The van der Waals surface area contributed by atoms with Crippen LogP contribution in [0.5, 0.6) is 0 Å². The molecule has 19 heavy (non-hydrogen) atoms. The maximum absolute atomic E-state index is 11.6. The van der Waals surface area contributed by atoms with Crippen molar-refractivity contribution < 1.29 is 8.42 Å². The highest BCUT2D eigenvalue weighted by Gasteiger charge is 2.24. The monoisotopic (exact) mass is 277 g/mol. The van der Waals surface area contributed by atoms with Gasteiger partial charge in [0.2, 0.25) is 10.0 Å². The van der Waals surface area contributed by atoms with E-state index in [-0.39, 0.29) is 0 Å². The maximum atomic E-state index is 11.6. The van der Waals surface area contributed by atoms with Gasteiger partial charge in [-0.2, -0.15) is 0 Å². The van der Waals surface area contributed by atoms with E-state index in [1.165, 1.54) is 10.6 Å². The van der Waals surface area contributed by atoms with Gasteiger partial charge in [0.15, 0.2) is 0 Å². The lowest BCUT2D eigenvalue weighted by Gasteiger charge is -2.17. The van der Waals surface area contributed by atoms with E-state index in [1.54, 1.807) is 0 Å². The van der Waals surface area contributed by atoms with Crippen molar-refractivity contribution in [1.82, 2.24) is 9.29 Å². The first kappa shape index (κ1) is 12.2. The summed E-state index contributed by atoms with van der Waals surface area (Å²) >= 11 is 0. The minimum Gasteiger partial charge on any atom is -0.361 e. The molecule has 100 valence electrons. The Bertz CT molecular complexity index is 746. The van der Waals surface area contributed by atoms with Crippen molar-refractivity contribution in [1.29, 1.82) is 0 Å². The average molecular weight is 277 g/mol. The topological polar surface area (TPSA) is 65.5 Å². The third-order valence-corrected chi connectivity index (χ3v) is 4.46. The smallest absolute Gasteiger partial charge is 0.233 e. The second kappa shape index (κ2) is 4.38. The van der Waals surface area contributed by atoms with E-state index in [0.29, 0.717) is 25.3 Å². The summed E-state index contributed by atoms with van der Waals surface area (Å²) in [6.07, 6.45) is 3.66. The van der Waals surface area contributed by atoms with Crippen molar-refractivity contribution in [3.63, 3.8) is 0 Å². The molecule has 0 radical (unpaired) electrons. The van der Waals surface area contributed by atoms with Crippen LogP contribution in [0.3, 0.4) is 0 Å². The molecule has 0 fully saturated rings. The lowest BCUT2D eigenvalue weighted by atomic mass is 10.1. The molecule has 2 heterocycles. The fraction of sp³-hybridized carbons (Fsp3) is 0.308. The minimum absolute atomic E-state index is 0.457. The fourth-order valence-electron chi connectivity index (χ4n) is 2.37. The molecular formula is C13H15N3O2S. The summed E-state index contributed by atoms with van der Waals surface area (Å²) in [4.78, 5) is 7.45. The summed E-state index contributed by atoms with van der Waals surface area (Å²) < 4.78 is 24.7. The van der Waals surface area contributed by atoms with Gasteiger partial charge in [-0.15, -0.1) is 0 Å². The van der Waals surface area contributed by atoms with Crippen LogP contribution in [0.25, 0.3) is 10.9 Å². The summed E-state index contributed by atoms with van der Waals surface area (Å²) in [7, 11) is -3.21. The number of aromatic nitrogens is 1. The van der Waals surface area contributed by atoms with Gasteiger partial charge in [-0.25, -0.2) is 8.42 Å². The molecule has 2 aromatic rings. The average Bonchev–Trinajstić information content (AvgIpc) is 2.95. The standard InChI is InChI=1S/C13H15N3O2S/c1-19(17,18)16-7-6-15-13(16)9-10-2-3-11-4-5-14-12(11)8-10/h2-5,8,14H,6-7,9H2,1H3. The second-order valence-electron chi connectivity index (χ2n) is 4.71. The molecule has 0 aliphatic carbocycles. The number of hydrogen-bond acceptors (Lipinski definition) is 3. The number of benzene rings is 1. The number of fused-ring (bicyclic) bond motifs is 1. The predicted molar refractivity (Wildman–Crippen MR) is 75.9 cm³/mol. The summed E-state index contributed by atoms with van der Waals surface area (Å²) in [5, 5.41) is 1.15. The lowest BCUT2D eigenvalue weighted by molar-refractivity contribution is 0.542. The molecule has 1 aliphatic rings. The van der Waals surface area contributed by atoms with Gasteiger partial charge in [0.25, 0.3) is 0 Å². The van der Waals surface area contributed by atoms with E-state index in [9.17, 15) is 8.42 Å². The number of aliphatic imine (C=N–C) groups is 1. The van der Waals surface area contributed by atoms with Crippen LogP contribution in [0, 0.1) is 0 Å².